The molecule has 0 N–H and O–H groups in total. The average molecular weight is 437 g/mol. The van der Waals surface area contributed by atoms with Crippen molar-refractivity contribution >= 4 is 17.5 Å². The fourth-order valence-corrected chi connectivity index (χ4v) is 4.51. The number of halogens is 1. The zero-order valence-electron chi connectivity index (χ0n) is 16.8. The van der Waals surface area contributed by atoms with Gasteiger partial charge in [-0.2, -0.15) is 0 Å². The summed E-state index contributed by atoms with van der Waals surface area (Å²) in [5.74, 6) is 0.300. The lowest BCUT2D eigenvalue weighted by Gasteiger charge is -2.47. The summed E-state index contributed by atoms with van der Waals surface area (Å²) >= 11 is 6.21. The molecule has 1 unspecified atom stereocenters. The van der Waals surface area contributed by atoms with E-state index in [-0.39, 0.29) is 19.1 Å². The zero-order chi connectivity index (χ0) is 21.4. The van der Waals surface area contributed by atoms with Gasteiger partial charge in [0.2, 0.25) is 0 Å². The van der Waals surface area contributed by atoms with Gasteiger partial charge in [-0.15, -0.1) is 0 Å². The Morgan fingerprint density at radius 2 is 1.90 bits per heavy atom. The molecule has 1 fully saturated rings. The highest BCUT2D eigenvalue weighted by Crippen LogP contribution is 2.40. The fourth-order valence-electron chi connectivity index (χ4n) is 4.35. The molecule has 3 aromatic rings. The van der Waals surface area contributed by atoms with Gasteiger partial charge in [-0.25, -0.2) is 4.79 Å². The van der Waals surface area contributed by atoms with Crippen LogP contribution in [-0.2, 0) is 6.61 Å². The van der Waals surface area contributed by atoms with Crippen LogP contribution in [0, 0.1) is 5.21 Å². The van der Waals surface area contributed by atoms with Crippen molar-refractivity contribution in [3.8, 4) is 5.75 Å². The topological polar surface area (TPSA) is 78.4 Å². The highest BCUT2D eigenvalue weighted by molar-refractivity contribution is 6.30. The van der Waals surface area contributed by atoms with Crippen molar-refractivity contribution in [2.45, 2.75) is 12.6 Å². The normalized spacial score (nSPS) is 20.1. The van der Waals surface area contributed by atoms with E-state index in [4.69, 9.17) is 16.3 Å². The van der Waals surface area contributed by atoms with Crippen LogP contribution >= 0.6 is 11.6 Å². The summed E-state index contributed by atoms with van der Waals surface area (Å²) in [6.07, 6.45) is 4.84. The van der Waals surface area contributed by atoms with Crippen molar-refractivity contribution in [3.05, 3.63) is 93.7 Å². The van der Waals surface area contributed by atoms with Gasteiger partial charge in [0.25, 0.3) is 0 Å². The van der Waals surface area contributed by atoms with E-state index in [0.29, 0.717) is 30.3 Å². The molecule has 0 bridgehead atoms. The smallest absolute Gasteiger partial charge is 0.346 e. The van der Waals surface area contributed by atoms with E-state index in [0.717, 1.165) is 22.6 Å². The molecule has 0 radical (unpaired) electrons. The maximum Gasteiger partial charge on any atom is 0.346 e. The quantitative estimate of drug-likeness (QED) is 0.451. The molecule has 158 valence electrons. The van der Waals surface area contributed by atoms with E-state index in [1.807, 2.05) is 30.3 Å². The van der Waals surface area contributed by atoms with Gasteiger partial charge in [-0.05, 0) is 30.3 Å². The summed E-state index contributed by atoms with van der Waals surface area (Å²) in [5.41, 5.74) is 3.28. The van der Waals surface area contributed by atoms with Gasteiger partial charge in [-0.1, -0.05) is 23.7 Å². The van der Waals surface area contributed by atoms with E-state index >= 15 is 0 Å². The minimum absolute atomic E-state index is 0.170. The van der Waals surface area contributed by atoms with E-state index < -0.39 is 10.6 Å². The molecule has 7 nitrogen and oxygen atoms in total. The van der Waals surface area contributed by atoms with Crippen molar-refractivity contribution in [2.24, 2.45) is 0 Å². The van der Waals surface area contributed by atoms with Gasteiger partial charge in [-0.3, -0.25) is 19.5 Å². The number of piperazine rings is 1. The number of hydrogen-bond donors (Lipinski definition) is 0. The molecule has 0 aliphatic carbocycles. The third-order valence-corrected chi connectivity index (χ3v) is 6.23. The standard InChI is InChI=1S/C23H21ClN4O3/c24-18-3-4-19-20(14-18)31-15-17-2-1-7-26-21(17)22(19)27-10-12-28(30,13-11-27)23(29)16-5-8-25-9-6-16/h1-9,14,22H,10-13,15H2. The molecule has 5 rings (SSSR count). The van der Waals surface area contributed by atoms with Crippen molar-refractivity contribution in [3.63, 3.8) is 0 Å². The molecule has 31 heavy (non-hydrogen) atoms. The number of amides is 1. The van der Waals surface area contributed by atoms with Crippen LogP contribution in [0.3, 0.4) is 0 Å². The third-order valence-electron chi connectivity index (χ3n) is 6.00. The molecule has 2 aliphatic rings. The lowest BCUT2D eigenvalue weighted by molar-refractivity contribution is -0.804. The monoisotopic (exact) mass is 436 g/mol. The van der Waals surface area contributed by atoms with Crippen LogP contribution in [-0.4, -0.2) is 51.6 Å². The number of hydroxylamine groups is 3. The molecule has 0 saturated carbocycles. The number of nitrogens with zero attached hydrogens (tertiary/aromatic N) is 4. The molecular weight excluding hydrogens is 416 g/mol. The lowest BCUT2D eigenvalue weighted by Crippen LogP contribution is -2.59. The Kier molecular flexibility index (Phi) is 5.19. The van der Waals surface area contributed by atoms with Gasteiger partial charge >= 0.3 is 5.91 Å². The number of aromatic nitrogens is 2. The van der Waals surface area contributed by atoms with Crippen LogP contribution < -0.4 is 4.74 Å². The first-order valence-corrected chi connectivity index (χ1v) is 10.6. The first kappa shape index (κ1) is 20.1. The van der Waals surface area contributed by atoms with Crippen molar-refractivity contribution in [2.75, 3.05) is 26.2 Å². The number of ether oxygens (including phenoxy) is 1. The molecule has 1 saturated heterocycles. The van der Waals surface area contributed by atoms with E-state index in [1.165, 1.54) is 12.4 Å². The lowest BCUT2D eigenvalue weighted by atomic mass is 9.97. The summed E-state index contributed by atoms with van der Waals surface area (Å²) in [6, 6.07) is 12.5. The van der Waals surface area contributed by atoms with Crippen LogP contribution in [0.15, 0.2) is 61.1 Å². The summed E-state index contributed by atoms with van der Waals surface area (Å²) in [5, 5.41) is 13.9. The highest BCUT2D eigenvalue weighted by Gasteiger charge is 2.39. The molecule has 8 heteroatoms. The molecule has 2 aromatic heterocycles. The number of fused-ring (bicyclic) bond motifs is 2. The number of hydrogen-bond acceptors (Lipinski definition) is 6. The number of carbonyl (C=O) groups is 1. The summed E-state index contributed by atoms with van der Waals surface area (Å²) in [4.78, 5) is 23.7. The molecule has 4 heterocycles. The minimum atomic E-state index is -0.869. The summed E-state index contributed by atoms with van der Waals surface area (Å²) < 4.78 is 5.17. The summed E-state index contributed by atoms with van der Waals surface area (Å²) in [7, 11) is 0. The second-order valence-electron chi connectivity index (χ2n) is 7.83. The first-order chi connectivity index (χ1) is 15.0. The molecule has 1 amide bonds. The van der Waals surface area contributed by atoms with E-state index in [1.54, 1.807) is 18.3 Å². The number of carbonyl (C=O) groups excluding carboxylic acids is 1. The van der Waals surface area contributed by atoms with Gasteiger partial charge in [0, 0.05) is 47.8 Å². The molecule has 1 atom stereocenters. The third kappa shape index (κ3) is 3.70. The predicted molar refractivity (Wildman–Crippen MR) is 115 cm³/mol. The van der Waals surface area contributed by atoms with Crippen LogP contribution in [0.25, 0.3) is 0 Å². The molecule has 0 spiro atoms. The van der Waals surface area contributed by atoms with Crippen LogP contribution in [0.2, 0.25) is 5.02 Å². The fraction of sp³-hybridized carbons (Fsp3) is 0.261. The molecule has 1 aromatic carbocycles. The van der Waals surface area contributed by atoms with Crippen LogP contribution in [0.4, 0.5) is 0 Å². The van der Waals surface area contributed by atoms with E-state index in [9.17, 15) is 10.0 Å². The number of pyridine rings is 2. The second-order valence-corrected chi connectivity index (χ2v) is 8.27. The number of rotatable bonds is 2. The average Bonchev–Trinajstić information content (AvgIpc) is 2.96. The SMILES string of the molecule is O=C(c1ccncc1)[N+]1([O-])CCN(C2c3ccc(Cl)cc3OCc3cccnc32)CC1. The van der Waals surface area contributed by atoms with Gasteiger partial charge < -0.3 is 9.94 Å². The number of quaternary nitrogens is 1. The second kappa shape index (κ2) is 8.01. The van der Waals surface area contributed by atoms with Crippen molar-refractivity contribution in [1.82, 2.24) is 14.9 Å². The van der Waals surface area contributed by atoms with E-state index in [2.05, 4.69) is 14.9 Å². The van der Waals surface area contributed by atoms with Crippen molar-refractivity contribution < 1.29 is 14.2 Å². The highest BCUT2D eigenvalue weighted by atomic mass is 35.5. The Morgan fingerprint density at radius 3 is 2.68 bits per heavy atom. The Morgan fingerprint density at radius 1 is 1.13 bits per heavy atom. The van der Waals surface area contributed by atoms with Gasteiger partial charge in [0.05, 0.1) is 30.4 Å². The summed E-state index contributed by atoms with van der Waals surface area (Å²) in [6.45, 7) is 1.67. The Hall–Kier alpha value is -2.84. The van der Waals surface area contributed by atoms with Gasteiger partial charge in [0.15, 0.2) is 0 Å². The zero-order valence-corrected chi connectivity index (χ0v) is 17.5. The Bertz CT molecular complexity index is 1120. The maximum absolute atomic E-state index is 13.3. The molecular formula is C23H21ClN4O3. The Balaban J connectivity index is 1.46. The van der Waals surface area contributed by atoms with Crippen LogP contribution in [0.1, 0.15) is 33.2 Å². The Labute approximate surface area is 185 Å². The van der Waals surface area contributed by atoms with Crippen LogP contribution in [0.5, 0.6) is 5.75 Å². The minimum Gasteiger partial charge on any atom is -0.625 e. The largest absolute Gasteiger partial charge is 0.625 e. The molecule has 2 aliphatic heterocycles. The maximum atomic E-state index is 13.3. The predicted octanol–water partition coefficient (Wildman–Crippen LogP) is 3.58. The van der Waals surface area contributed by atoms with Gasteiger partial charge in [0.1, 0.15) is 12.4 Å². The number of benzene rings is 1. The first-order valence-electron chi connectivity index (χ1n) is 10.2. The van der Waals surface area contributed by atoms with Crippen molar-refractivity contribution in [1.29, 1.82) is 0 Å².